The van der Waals surface area contributed by atoms with Crippen LogP contribution in [0.2, 0.25) is 0 Å². The summed E-state index contributed by atoms with van der Waals surface area (Å²) in [5.74, 6) is 0.504. The minimum absolute atomic E-state index is 0.000913. The van der Waals surface area contributed by atoms with Gasteiger partial charge in [0, 0.05) is 38.2 Å². The molecule has 2 aliphatic rings. The molecule has 1 N–H and O–H groups in total. The number of carbonyl (C=O) groups is 3. The van der Waals surface area contributed by atoms with Crippen molar-refractivity contribution in [1.82, 2.24) is 15.1 Å². The van der Waals surface area contributed by atoms with E-state index in [1.807, 2.05) is 16.7 Å². The highest BCUT2D eigenvalue weighted by molar-refractivity contribution is 5.98. The zero-order valence-electron chi connectivity index (χ0n) is 17.4. The molecule has 1 atom stereocenters. The molecule has 1 aromatic carbocycles. The van der Waals surface area contributed by atoms with Crippen LogP contribution in [-0.4, -0.2) is 66.9 Å². The summed E-state index contributed by atoms with van der Waals surface area (Å²) in [7, 11) is 1.56. The Balaban J connectivity index is 1.73. The number of hydrogen-bond donors (Lipinski definition) is 1. The van der Waals surface area contributed by atoms with E-state index in [2.05, 4.69) is 5.32 Å². The van der Waals surface area contributed by atoms with E-state index in [9.17, 15) is 14.4 Å². The summed E-state index contributed by atoms with van der Waals surface area (Å²) in [4.78, 5) is 41.8. The van der Waals surface area contributed by atoms with Crippen molar-refractivity contribution in [3.05, 3.63) is 29.8 Å². The monoisotopic (exact) mass is 401 g/mol. The van der Waals surface area contributed by atoms with E-state index >= 15 is 0 Å². The summed E-state index contributed by atoms with van der Waals surface area (Å²) >= 11 is 0. The fourth-order valence-electron chi connectivity index (χ4n) is 4.21. The Morgan fingerprint density at radius 2 is 1.79 bits per heavy atom. The number of nitrogens with one attached hydrogen (secondary N) is 1. The van der Waals surface area contributed by atoms with Crippen LogP contribution in [-0.2, 0) is 9.59 Å². The predicted octanol–water partition coefficient (Wildman–Crippen LogP) is 2.06. The molecule has 7 heteroatoms. The average molecular weight is 402 g/mol. The second-order valence-electron chi connectivity index (χ2n) is 7.79. The molecule has 2 heterocycles. The lowest BCUT2D eigenvalue weighted by atomic mass is 9.88. The van der Waals surface area contributed by atoms with Gasteiger partial charge in [-0.2, -0.15) is 0 Å². The number of hydrogen-bond acceptors (Lipinski definition) is 4. The van der Waals surface area contributed by atoms with E-state index in [4.69, 9.17) is 4.74 Å². The first-order chi connectivity index (χ1) is 14.0. The number of benzene rings is 1. The molecule has 1 aromatic rings. The standard InChI is InChI=1S/C22H31N3O4/c1-3-19(26)24-13-9-16(10-14-24)20(22(28)25-11-4-5-12-25)23-21(27)17-7-6-8-18(15-17)29-2/h6-8,15-16,20H,3-5,9-14H2,1-2H3,(H,23,27). The van der Waals surface area contributed by atoms with E-state index in [-0.39, 0.29) is 23.6 Å². The number of piperidine rings is 1. The number of nitrogens with zero attached hydrogens (tertiary/aromatic N) is 2. The van der Waals surface area contributed by atoms with Gasteiger partial charge >= 0.3 is 0 Å². The molecule has 7 nitrogen and oxygen atoms in total. The number of ether oxygens (including phenoxy) is 1. The third-order valence-electron chi connectivity index (χ3n) is 5.97. The van der Waals surface area contributed by atoms with Crippen LogP contribution >= 0.6 is 0 Å². The van der Waals surface area contributed by atoms with Gasteiger partial charge in [-0.1, -0.05) is 13.0 Å². The maximum absolute atomic E-state index is 13.2. The first-order valence-electron chi connectivity index (χ1n) is 10.5. The lowest BCUT2D eigenvalue weighted by Gasteiger charge is -2.37. The maximum atomic E-state index is 13.2. The largest absolute Gasteiger partial charge is 0.497 e. The molecule has 2 saturated heterocycles. The van der Waals surface area contributed by atoms with Crippen LogP contribution in [0.4, 0.5) is 0 Å². The van der Waals surface area contributed by atoms with Crippen molar-refractivity contribution in [2.24, 2.45) is 5.92 Å². The first-order valence-corrected chi connectivity index (χ1v) is 10.5. The van der Waals surface area contributed by atoms with Crippen LogP contribution in [0.25, 0.3) is 0 Å². The van der Waals surface area contributed by atoms with E-state index < -0.39 is 6.04 Å². The third kappa shape index (κ3) is 5.08. The van der Waals surface area contributed by atoms with Gasteiger partial charge in [0.15, 0.2) is 0 Å². The Morgan fingerprint density at radius 1 is 1.10 bits per heavy atom. The Labute approximate surface area is 172 Å². The van der Waals surface area contributed by atoms with Crippen molar-refractivity contribution in [1.29, 1.82) is 0 Å². The molecule has 3 amide bonds. The van der Waals surface area contributed by atoms with Crippen molar-refractivity contribution >= 4 is 17.7 Å². The van der Waals surface area contributed by atoms with Crippen LogP contribution < -0.4 is 10.1 Å². The number of rotatable bonds is 6. The lowest BCUT2D eigenvalue weighted by molar-refractivity contribution is -0.135. The number of carbonyl (C=O) groups excluding carboxylic acids is 3. The topological polar surface area (TPSA) is 79.0 Å². The second kappa shape index (κ2) is 9.76. The van der Waals surface area contributed by atoms with E-state index in [0.717, 1.165) is 25.9 Å². The van der Waals surface area contributed by atoms with Gasteiger partial charge in [-0.3, -0.25) is 14.4 Å². The van der Waals surface area contributed by atoms with Crippen molar-refractivity contribution < 1.29 is 19.1 Å². The molecule has 3 rings (SSSR count). The smallest absolute Gasteiger partial charge is 0.252 e. The fraction of sp³-hybridized carbons (Fsp3) is 0.591. The molecule has 2 fully saturated rings. The Bertz CT molecular complexity index is 737. The SMILES string of the molecule is CCC(=O)N1CCC(C(NC(=O)c2cccc(OC)c2)C(=O)N2CCCC2)CC1. The van der Waals surface area contributed by atoms with Crippen molar-refractivity contribution in [2.75, 3.05) is 33.3 Å². The summed E-state index contributed by atoms with van der Waals surface area (Å²) < 4.78 is 5.21. The van der Waals surface area contributed by atoms with Crippen molar-refractivity contribution in [2.45, 2.75) is 45.1 Å². The first kappa shape index (κ1) is 21.1. The van der Waals surface area contributed by atoms with Gasteiger partial charge in [-0.25, -0.2) is 0 Å². The van der Waals surface area contributed by atoms with E-state index in [1.54, 1.807) is 31.4 Å². The lowest BCUT2D eigenvalue weighted by Crippen LogP contribution is -2.54. The summed E-state index contributed by atoms with van der Waals surface area (Å²) in [5.41, 5.74) is 0.474. The van der Waals surface area contributed by atoms with Gasteiger partial charge in [0.2, 0.25) is 11.8 Å². The molecule has 2 aliphatic heterocycles. The summed E-state index contributed by atoms with van der Waals surface area (Å²) in [6.45, 7) is 4.63. The molecule has 29 heavy (non-hydrogen) atoms. The minimum atomic E-state index is -0.564. The van der Waals surface area contributed by atoms with Crippen LogP contribution in [0.15, 0.2) is 24.3 Å². The molecule has 0 aliphatic carbocycles. The van der Waals surface area contributed by atoms with Crippen molar-refractivity contribution in [3.63, 3.8) is 0 Å². The van der Waals surface area contributed by atoms with Crippen LogP contribution in [0.1, 0.15) is 49.4 Å². The van der Waals surface area contributed by atoms with E-state index in [1.165, 1.54) is 0 Å². The highest BCUT2D eigenvalue weighted by atomic mass is 16.5. The molecular formula is C22H31N3O4. The van der Waals surface area contributed by atoms with Crippen LogP contribution in [0.3, 0.4) is 0 Å². The Kier molecular flexibility index (Phi) is 7.12. The molecule has 1 unspecified atom stereocenters. The highest BCUT2D eigenvalue weighted by Crippen LogP contribution is 2.24. The molecule has 0 bridgehead atoms. The minimum Gasteiger partial charge on any atom is -0.497 e. The van der Waals surface area contributed by atoms with Crippen LogP contribution in [0.5, 0.6) is 5.75 Å². The summed E-state index contributed by atoms with van der Waals surface area (Å²) in [5, 5.41) is 3.00. The summed E-state index contributed by atoms with van der Waals surface area (Å²) in [6.07, 6.45) is 3.94. The van der Waals surface area contributed by atoms with Gasteiger partial charge in [0.25, 0.3) is 5.91 Å². The maximum Gasteiger partial charge on any atom is 0.252 e. The van der Waals surface area contributed by atoms with Crippen molar-refractivity contribution in [3.8, 4) is 5.75 Å². The zero-order valence-corrected chi connectivity index (χ0v) is 17.4. The highest BCUT2D eigenvalue weighted by Gasteiger charge is 2.36. The number of likely N-dealkylation sites (tertiary alicyclic amines) is 2. The Hall–Kier alpha value is -2.57. The molecule has 0 saturated carbocycles. The predicted molar refractivity (Wildman–Crippen MR) is 110 cm³/mol. The summed E-state index contributed by atoms with van der Waals surface area (Å²) in [6, 6.07) is 6.38. The molecule has 0 aromatic heterocycles. The number of amides is 3. The van der Waals surface area contributed by atoms with Gasteiger partial charge < -0.3 is 19.9 Å². The zero-order chi connectivity index (χ0) is 20.8. The fourth-order valence-corrected chi connectivity index (χ4v) is 4.21. The molecule has 0 spiro atoms. The normalized spacial score (nSPS) is 18.4. The number of methoxy groups -OCH3 is 1. The van der Waals surface area contributed by atoms with Gasteiger partial charge in [0.1, 0.15) is 11.8 Å². The molecule has 158 valence electrons. The van der Waals surface area contributed by atoms with Crippen LogP contribution in [0, 0.1) is 5.92 Å². The second-order valence-corrected chi connectivity index (χ2v) is 7.79. The van der Waals surface area contributed by atoms with Gasteiger partial charge in [0.05, 0.1) is 7.11 Å². The Morgan fingerprint density at radius 3 is 2.41 bits per heavy atom. The molecular weight excluding hydrogens is 370 g/mol. The third-order valence-corrected chi connectivity index (χ3v) is 5.97. The quantitative estimate of drug-likeness (QED) is 0.791. The van der Waals surface area contributed by atoms with Gasteiger partial charge in [-0.15, -0.1) is 0 Å². The molecule has 0 radical (unpaired) electrons. The van der Waals surface area contributed by atoms with Gasteiger partial charge in [-0.05, 0) is 49.8 Å². The van der Waals surface area contributed by atoms with E-state index in [0.29, 0.717) is 43.7 Å². The average Bonchev–Trinajstić information content (AvgIpc) is 3.31.